The van der Waals surface area contributed by atoms with E-state index in [2.05, 4.69) is 149 Å². The molecule has 236 valence electrons. The van der Waals surface area contributed by atoms with Crippen molar-refractivity contribution in [3.8, 4) is 39.9 Å². The topological polar surface area (TPSA) is 46.8 Å². The Morgan fingerprint density at radius 2 is 1.08 bits per heavy atom. The molecule has 0 saturated heterocycles. The summed E-state index contributed by atoms with van der Waals surface area (Å²) in [5.74, 6) is 2.08. The molecule has 6 aromatic carbocycles. The van der Waals surface area contributed by atoms with Gasteiger partial charge in [-0.3, -0.25) is 4.57 Å². The van der Waals surface area contributed by atoms with Crippen LogP contribution in [0.1, 0.15) is 11.5 Å². The molecule has 1 aliphatic carbocycles. The van der Waals surface area contributed by atoms with Gasteiger partial charge in [-0.1, -0.05) is 152 Å². The molecular weight excluding hydrogens is 611 g/mol. The Morgan fingerprint density at radius 1 is 0.480 bits per heavy atom. The summed E-state index contributed by atoms with van der Waals surface area (Å²) in [6, 6.07) is 53.3. The Balaban J connectivity index is 1.33. The molecule has 50 heavy (non-hydrogen) atoms. The first-order valence-corrected chi connectivity index (χ1v) is 17.0. The van der Waals surface area contributed by atoms with Gasteiger partial charge in [0.25, 0.3) is 0 Å². The van der Waals surface area contributed by atoms with Gasteiger partial charge in [0.05, 0.1) is 22.8 Å². The van der Waals surface area contributed by atoms with Crippen molar-refractivity contribution in [2.75, 3.05) is 4.90 Å². The highest BCUT2D eigenvalue weighted by atomic mass is 15.2. The standard InChI is InChI=1S/C45H31N5/c1-5-15-30(16-6-1)33-25-28-40-38(29-33)37-27-26-36-35-23-13-14-24-39(35)49(34-21-11-4-12-22-34)41(36)42(37)50(40)45-47-43(31-17-7-2-8-18-31)46-44(48-45)32-19-9-3-10-20-32/h1-29,35,39H. The van der Waals surface area contributed by atoms with Crippen LogP contribution in [0.4, 0.5) is 11.4 Å². The van der Waals surface area contributed by atoms with Crippen LogP contribution in [0.25, 0.3) is 61.7 Å². The molecule has 0 radical (unpaired) electrons. The third-order valence-corrected chi connectivity index (χ3v) is 9.97. The molecule has 10 rings (SSSR count). The molecule has 0 bridgehead atoms. The number of anilines is 2. The third kappa shape index (κ3) is 4.51. The Labute approximate surface area is 290 Å². The van der Waals surface area contributed by atoms with Crippen LogP contribution in [0.15, 0.2) is 176 Å². The van der Waals surface area contributed by atoms with Gasteiger partial charge in [-0.25, -0.2) is 4.98 Å². The molecule has 0 fully saturated rings. The molecule has 2 unspecified atom stereocenters. The van der Waals surface area contributed by atoms with E-state index >= 15 is 0 Å². The molecule has 8 aromatic rings. The fourth-order valence-electron chi connectivity index (χ4n) is 7.71. The van der Waals surface area contributed by atoms with Crippen LogP contribution in [0.5, 0.6) is 0 Å². The van der Waals surface area contributed by atoms with Crippen LogP contribution < -0.4 is 4.90 Å². The highest BCUT2D eigenvalue weighted by Gasteiger charge is 2.40. The number of fused-ring (bicyclic) bond motifs is 7. The molecule has 0 N–H and O–H groups in total. The summed E-state index contributed by atoms with van der Waals surface area (Å²) in [6.45, 7) is 0. The largest absolute Gasteiger partial charge is 0.332 e. The first-order valence-electron chi connectivity index (χ1n) is 17.0. The van der Waals surface area contributed by atoms with Crippen molar-refractivity contribution < 1.29 is 0 Å². The number of para-hydroxylation sites is 1. The third-order valence-electron chi connectivity index (χ3n) is 9.97. The number of nitrogens with zero attached hydrogens (tertiary/aromatic N) is 5. The van der Waals surface area contributed by atoms with Crippen molar-refractivity contribution in [1.82, 2.24) is 19.5 Å². The second kappa shape index (κ2) is 11.5. The molecule has 2 aromatic heterocycles. The summed E-state index contributed by atoms with van der Waals surface area (Å²) in [5, 5.41) is 2.31. The average Bonchev–Trinajstić information content (AvgIpc) is 3.72. The molecule has 5 nitrogen and oxygen atoms in total. The van der Waals surface area contributed by atoms with E-state index in [4.69, 9.17) is 15.0 Å². The molecular formula is C45H31N5. The van der Waals surface area contributed by atoms with Gasteiger partial charge in [-0.2, -0.15) is 9.97 Å². The van der Waals surface area contributed by atoms with E-state index in [-0.39, 0.29) is 12.0 Å². The zero-order valence-electron chi connectivity index (χ0n) is 27.1. The van der Waals surface area contributed by atoms with Gasteiger partial charge >= 0.3 is 0 Å². The van der Waals surface area contributed by atoms with E-state index in [0.717, 1.165) is 38.6 Å². The fourth-order valence-corrected chi connectivity index (χ4v) is 7.71. The second-order valence-corrected chi connectivity index (χ2v) is 12.8. The molecule has 1 aliphatic heterocycles. The predicted molar refractivity (Wildman–Crippen MR) is 204 cm³/mol. The zero-order valence-corrected chi connectivity index (χ0v) is 27.1. The number of allylic oxidation sites excluding steroid dienone is 2. The van der Waals surface area contributed by atoms with Gasteiger partial charge < -0.3 is 4.90 Å². The molecule has 0 amide bonds. The molecule has 2 aliphatic rings. The number of benzene rings is 6. The minimum absolute atomic E-state index is 0.146. The summed E-state index contributed by atoms with van der Waals surface area (Å²) < 4.78 is 2.28. The van der Waals surface area contributed by atoms with Crippen molar-refractivity contribution >= 4 is 33.2 Å². The van der Waals surface area contributed by atoms with Gasteiger partial charge in [-0.05, 0) is 41.0 Å². The van der Waals surface area contributed by atoms with Crippen LogP contribution in [0, 0.1) is 0 Å². The lowest BCUT2D eigenvalue weighted by Gasteiger charge is -2.29. The minimum atomic E-state index is 0.146. The lowest BCUT2D eigenvalue weighted by atomic mass is 9.91. The Hall–Kier alpha value is -6.59. The van der Waals surface area contributed by atoms with Gasteiger partial charge in [0, 0.05) is 33.5 Å². The van der Waals surface area contributed by atoms with Crippen molar-refractivity contribution in [2.45, 2.75) is 12.0 Å². The maximum Gasteiger partial charge on any atom is 0.238 e. The summed E-state index contributed by atoms with van der Waals surface area (Å²) in [5.41, 5.74) is 10.00. The lowest BCUT2D eigenvalue weighted by Crippen LogP contribution is -2.28. The number of aromatic nitrogens is 4. The SMILES string of the molecule is C1=CC2c3ccc4c5cc(-c6ccccc6)ccc5n(-c5nc(-c6ccccc6)nc(-c6ccccc6)n5)c4c3N(c3ccccc3)C2C=C1. The van der Waals surface area contributed by atoms with E-state index in [0.29, 0.717) is 17.6 Å². The van der Waals surface area contributed by atoms with Crippen molar-refractivity contribution in [3.63, 3.8) is 0 Å². The van der Waals surface area contributed by atoms with Gasteiger partial charge in [0.15, 0.2) is 11.6 Å². The fraction of sp³-hybridized carbons (Fsp3) is 0.0444. The zero-order chi connectivity index (χ0) is 33.0. The summed E-state index contributed by atoms with van der Waals surface area (Å²) in [6.07, 6.45) is 9.01. The highest BCUT2D eigenvalue weighted by Crippen LogP contribution is 2.52. The van der Waals surface area contributed by atoms with Gasteiger partial charge in [0.1, 0.15) is 0 Å². The summed E-state index contributed by atoms with van der Waals surface area (Å²) in [4.78, 5) is 18.1. The van der Waals surface area contributed by atoms with E-state index in [9.17, 15) is 0 Å². The molecule has 2 atom stereocenters. The molecule has 0 saturated carbocycles. The van der Waals surface area contributed by atoms with Crippen molar-refractivity contribution in [2.24, 2.45) is 0 Å². The number of hydrogen-bond donors (Lipinski definition) is 0. The maximum absolute atomic E-state index is 5.26. The number of rotatable bonds is 5. The minimum Gasteiger partial charge on any atom is -0.332 e. The normalized spacial score (nSPS) is 16.2. The first kappa shape index (κ1) is 28.4. The van der Waals surface area contributed by atoms with Crippen molar-refractivity contribution in [1.29, 1.82) is 0 Å². The van der Waals surface area contributed by atoms with Gasteiger partial charge in [0.2, 0.25) is 5.95 Å². The Kier molecular flexibility index (Phi) is 6.56. The quantitative estimate of drug-likeness (QED) is 0.188. The van der Waals surface area contributed by atoms with E-state index in [1.54, 1.807) is 0 Å². The van der Waals surface area contributed by atoms with Gasteiger partial charge in [-0.15, -0.1) is 0 Å². The van der Waals surface area contributed by atoms with E-state index in [1.807, 2.05) is 36.4 Å². The van der Waals surface area contributed by atoms with E-state index in [1.165, 1.54) is 22.4 Å². The summed E-state index contributed by atoms with van der Waals surface area (Å²) in [7, 11) is 0. The molecule has 5 heteroatoms. The van der Waals surface area contributed by atoms with Crippen LogP contribution in [0.2, 0.25) is 0 Å². The maximum atomic E-state index is 5.26. The van der Waals surface area contributed by atoms with Crippen molar-refractivity contribution in [3.05, 3.63) is 182 Å². The molecule has 0 spiro atoms. The summed E-state index contributed by atoms with van der Waals surface area (Å²) >= 11 is 0. The van der Waals surface area contributed by atoms with Crippen LogP contribution in [-0.4, -0.2) is 25.6 Å². The Bertz CT molecular complexity index is 2530. The van der Waals surface area contributed by atoms with Crippen LogP contribution >= 0.6 is 0 Å². The van der Waals surface area contributed by atoms with E-state index < -0.39 is 0 Å². The second-order valence-electron chi connectivity index (χ2n) is 12.8. The average molecular weight is 642 g/mol. The first-order chi connectivity index (χ1) is 24.8. The monoisotopic (exact) mass is 641 g/mol. The molecule has 3 heterocycles. The lowest BCUT2D eigenvalue weighted by molar-refractivity contribution is 0.745. The van der Waals surface area contributed by atoms with Crippen LogP contribution in [-0.2, 0) is 0 Å². The number of hydrogen-bond acceptors (Lipinski definition) is 4. The Morgan fingerprint density at radius 3 is 1.74 bits per heavy atom. The predicted octanol–water partition coefficient (Wildman–Crippen LogP) is 10.7. The van der Waals surface area contributed by atoms with Crippen LogP contribution in [0.3, 0.4) is 0 Å². The smallest absolute Gasteiger partial charge is 0.238 e. The highest BCUT2D eigenvalue weighted by molar-refractivity contribution is 6.15.